The van der Waals surface area contributed by atoms with Crippen LogP contribution in [-0.4, -0.2) is 55.3 Å². The number of likely N-dealkylation sites (tertiary alicyclic amines) is 1. The highest BCUT2D eigenvalue weighted by atomic mass is 127. The van der Waals surface area contributed by atoms with Gasteiger partial charge in [-0.25, -0.2) is 9.79 Å². The molecule has 2 rings (SSSR count). The van der Waals surface area contributed by atoms with Crippen LogP contribution in [0.25, 0.3) is 0 Å². The summed E-state index contributed by atoms with van der Waals surface area (Å²) in [5.41, 5.74) is 6.84. The topological polar surface area (TPSA) is 92.0 Å². The fourth-order valence-electron chi connectivity index (χ4n) is 3.03. The highest BCUT2D eigenvalue weighted by Crippen LogP contribution is 2.16. The number of carbonyl (C=O) groups excluding carboxylic acids is 1. The van der Waals surface area contributed by atoms with Gasteiger partial charge in [-0.3, -0.25) is 0 Å². The molecule has 1 aliphatic heterocycles. The van der Waals surface area contributed by atoms with Gasteiger partial charge < -0.3 is 26.0 Å². The van der Waals surface area contributed by atoms with Crippen molar-refractivity contribution in [2.45, 2.75) is 45.1 Å². The van der Waals surface area contributed by atoms with Crippen LogP contribution in [-0.2, 0) is 17.9 Å². The Morgan fingerprint density at radius 3 is 2.57 bits per heavy atom. The van der Waals surface area contributed by atoms with Crippen molar-refractivity contribution in [3.8, 4) is 0 Å². The van der Waals surface area contributed by atoms with Crippen molar-refractivity contribution in [2.24, 2.45) is 10.7 Å². The number of hydrogen-bond donors (Lipinski definition) is 3. The first-order chi connectivity index (χ1) is 13.8. The van der Waals surface area contributed by atoms with E-state index in [9.17, 15) is 18.0 Å². The summed E-state index contributed by atoms with van der Waals surface area (Å²) < 4.78 is 41.3. The molecule has 170 valence electrons. The zero-order chi connectivity index (χ0) is 21.3. The summed E-state index contributed by atoms with van der Waals surface area (Å²) in [6, 6.07) is 6.94. The number of guanidine groups is 1. The fourth-order valence-corrected chi connectivity index (χ4v) is 3.03. The van der Waals surface area contributed by atoms with Crippen molar-refractivity contribution in [2.75, 3.05) is 26.2 Å². The number of carbonyl (C=O) groups is 1. The van der Waals surface area contributed by atoms with E-state index in [4.69, 9.17) is 10.5 Å². The van der Waals surface area contributed by atoms with Gasteiger partial charge in [-0.2, -0.15) is 13.2 Å². The highest BCUT2D eigenvalue weighted by molar-refractivity contribution is 14.0. The molecule has 0 spiro atoms. The number of nitrogens with zero attached hydrogens (tertiary/aromatic N) is 2. The van der Waals surface area contributed by atoms with Crippen LogP contribution < -0.4 is 16.4 Å². The largest absolute Gasteiger partial charge is 0.411 e. The normalized spacial score (nSPS) is 15.5. The van der Waals surface area contributed by atoms with Crippen LogP contribution in [0.4, 0.5) is 18.0 Å². The SMILES string of the molecule is CCNC(=NCc1cccc(COCC(F)(F)F)c1)NC1CCN(C(N)=O)CC1.I. The van der Waals surface area contributed by atoms with E-state index in [-0.39, 0.29) is 36.6 Å². The van der Waals surface area contributed by atoms with Crippen molar-refractivity contribution in [3.63, 3.8) is 0 Å². The van der Waals surface area contributed by atoms with Crippen LogP contribution in [0, 0.1) is 0 Å². The number of primary amides is 1. The summed E-state index contributed by atoms with van der Waals surface area (Å²) in [4.78, 5) is 17.4. The molecule has 1 heterocycles. The van der Waals surface area contributed by atoms with Gasteiger partial charge in [-0.1, -0.05) is 24.3 Å². The Morgan fingerprint density at radius 1 is 1.30 bits per heavy atom. The third-order valence-electron chi connectivity index (χ3n) is 4.44. The van der Waals surface area contributed by atoms with Crippen molar-refractivity contribution < 1.29 is 22.7 Å². The maximum Gasteiger partial charge on any atom is 0.411 e. The van der Waals surface area contributed by atoms with Crippen LogP contribution in [0.1, 0.15) is 30.9 Å². The first kappa shape index (κ1) is 26.3. The second-order valence-corrected chi connectivity index (χ2v) is 6.87. The van der Waals surface area contributed by atoms with Gasteiger partial charge >= 0.3 is 12.2 Å². The number of ether oxygens (including phenoxy) is 1. The molecule has 0 bridgehead atoms. The lowest BCUT2D eigenvalue weighted by Crippen LogP contribution is -2.50. The fraction of sp³-hybridized carbons (Fsp3) is 0.579. The number of urea groups is 1. The van der Waals surface area contributed by atoms with Gasteiger partial charge in [-0.05, 0) is 30.9 Å². The smallest absolute Gasteiger partial charge is 0.367 e. The van der Waals surface area contributed by atoms with E-state index in [0.717, 1.165) is 18.4 Å². The minimum atomic E-state index is -4.33. The number of benzene rings is 1. The van der Waals surface area contributed by atoms with Crippen molar-refractivity contribution in [1.29, 1.82) is 0 Å². The zero-order valence-corrected chi connectivity index (χ0v) is 19.2. The molecule has 0 unspecified atom stereocenters. The average Bonchev–Trinajstić information content (AvgIpc) is 2.66. The van der Waals surface area contributed by atoms with Gasteiger partial charge in [-0.15, -0.1) is 24.0 Å². The molecular weight excluding hydrogens is 514 g/mol. The lowest BCUT2D eigenvalue weighted by atomic mass is 10.1. The zero-order valence-electron chi connectivity index (χ0n) is 16.9. The number of nitrogens with one attached hydrogen (secondary N) is 2. The van der Waals surface area contributed by atoms with Gasteiger partial charge in [0.05, 0.1) is 13.2 Å². The molecule has 0 aliphatic carbocycles. The predicted octanol–water partition coefficient (Wildman–Crippen LogP) is 2.98. The van der Waals surface area contributed by atoms with Crippen molar-refractivity contribution >= 4 is 36.0 Å². The molecular formula is C19H29F3IN5O2. The lowest BCUT2D eigenvalue weighted by molar-refractivity contribution is -0.176. The van der Waals surface area contributed by atoms with Crippen LogP contribution >= 0.6 is 24.0 Å². The van der Waals surface area contributed by atoms with Crippen LogP contribution in [0.3, 0.4) is 0 Å². The molecule has 0 radical (unpaired) electrons. The van der Waals surface area contributed by atoms with Crippen LogP contribution in [0.2, 0.25) is 0 Å². The maximum absolute atomic E-state index is 12.2. The van der Waals surface area contributed by atoms with E-state index in [1.165, 1.54) is 0 Å². The third-order valence-corrected chi connectivity index (χ3v) is 4.44. The molecule has 0 saturated carbocycles. The Balaban J connectivity index is 0.00000450. The summed E-state index contributed by atoms with van der Waals surface area (Å²) >= 11 is 0. The molecule has 1 fully saturated rings. The number of aliphatic imine (C=N–C) groups is 1. The molecule has 1 aromatic rings. The number of alkyl halides is 3. The Morgan fingerprint density at radius 2 is 1.97 bits per heavy atom. The minimum Gasteiger partial charge on any atom is -0.367 e. The van der Waals surface area contributed by atoms with Crippen LogP contribution in [0.15, 0.2) is 29.3 Å². The van der Waals surface area contributed by atoms with Gasteiger partial charge in [0.1, 0.15) is 6.61 Å². The second kappa shape index (κ2) is 12.8. The second-order valence-electron chi connectivity index (χ2n) is 6.87. The molecule has 7 nitrogen and oxygen atoms in total. The monoisotopic (exact) mass is 543 g/mol. The first-order valence-electron chi connectivity index (χ1n) is 9.58. The van der Waals surface area contributed by atoms with E-state index in [1.807, 2.05) is 13.0 Å². The Labute approximate surface area is 191 Å². The standard InChI is InChI=1S/C19H28F3N5O2.HI/c1-2-24-18(26-16-6-8-27(9-7-16)17(23)28)25-11-14-4-3-5-15(10-14)12-29-13-19(20,21)22;/h3-5,10,16H,2,6-9,11-13H2,1H3,(H2,23,28)(H2,24,25,26);1H. The molecule has 0 atom stereocenters. The van der Waals surface area contributed by atoms with E-state index in [0.29, 0.717) is 37.7 Å². The molecule has 1 saturated heterocycles. The molecule has 30 heavy (non-hydrogen) atoms. The van der Waals surface area contributed by atoms with Gasteiger partial charge in [0.15, 0.2) is 5.96 Å². The number of nitrogens with two attached hydrogens (primary N) is 1. The Hall–Kier alpha value is -1.76. The van der Waals surface area contributed by atoms with E-state index >= 15 is 0 Å². The summed E-state index contributed by atoms with van der Waals surface area (Å²) in [5.74, 6) is 0.656. The number of piperidine rings is 1. The highest BCUT2D eigenvalue weighted by Gasteiger charge is 2.27. The molecule has 1 aromatic carbocycles. The average molecular weight is 543 g/mol. The molecule has 4 N–H and O–H groups in total. The van der Waals surface area contributed by atoms with E-state index < -0.39 is 18.8 Å². The third kappa shape index (κ3) is 9.83. The van der Waals surface area contributed by atoms with Crippen LogP contribution in [0.5, 0.6) is 0 Å². The van der Waals surface area contributed by atoms with E-state index in [1.54, 1.807) is 23.1 Å². The Bertz CT molecular complexity index is 695. The quantitative estimate of drug-likeness (QED) is 0.280. The predicted molar refractivity (Wildman–Crippen MR) is 120 cm³/mol. The van der Waals surface area contributed by atoms with Crippen molar-refractivity contribution in [1.82, 2.24) is 15.5 Å². The molecule has 11 heteroatoms. The number of amides is 2. The minimum absolute atomic E-state index is 0. The summed E-state index contributed by atoms with van der Waals surface area (Å²) in [7, 11) is 0. The van der Waals surface area contributed by atoms with E-state index in [2.05, 4.69) is 15.6 Å². The van der Waals surface area contributed by atoms with Gasteiger partial charge in [0, 0.05) is 25.7 Å². The van der Waals surface area contributed by atoms with Gasteiger partial charge in [0.25, 0.3) is 0 Å². The van der Waals surface area contributed by atoms with Gasteiger partial charge in [0.2, 0.25) is 0 Å². The number of halogens is 4. The molecule has 1 aliphatic rings. The Kier molecular flexibility index (Phi) is 11.2. The van der Waals surface area contributed by atoms with Crippen molar-refractivity contribution in [3.05, 3.63) is 35.4 Å². The first-order valence-corrected chi connectivity index (χ1v) is 9.58. The summed E-state index contributed by atoms with van der Waals surface area (Å²) in [6.45, 7) is 2.87. The molecule has 0 aromatic heterocycles. The number of hydrogen-bond acceptors (Lipinski definition) is 3. The number of rotatable bonds is 7. The maximum atomic E-state index is 12.2. The lowest BCUT2D eigenvalue weighted by Gasteiger charge is -2.32. The summed E-state index contributed by atoms with van der Waals surface area (Å²) in [6.07, 6.45) is -2.78. The molecule has 2 amide bonds. The summed E-state index contributed by atoms with van der Waals surface area (Å²) in [5, 5.41) is 6.55.